The standard InChI is InChI=1S/C50H47N3O/c1-48(2,3)32-26-37-38-27-33(49(4,5)6)29-40(50(7,8)9)46(38)54-45(37)39(28-32)44-35-20-13-15-21-41(35)51-47(52-44)53-42-22-16-14-19-34(42)36-25-31(23-24-43(36)53)30-17-11-10-12-18-30/h10-29H,1-9H3. The Morgan fingerprint density at radius 2 is 1.07 bits per heavy atom. The van der Waals surface area contributed by atoms with Crippen LogP contribution in [0.15, 0.2) is 126 Å². The predicted molar refractivity (Wildman–Crippen MR) is 228 cm³/mol. The summed E-state index contributed by atoms with van der Waals surface area (Å²) in [6.45, 7) is 20.6. The number of hydrogen-bond donors (Lipinski definition) is 0. The number of aromatic nitrogens is 3. The molecule has 0 unspecified atom stereocenters. The monoisotopic (exact) mass is 705 g/mol. The number of furan rings is 1. The minimum atomic E-state index is -0.119. The second-order valence-corrected chi connectivity index (χ2v) is 18.0. The van der Waals surface area contributed by atoms with E-state index < -0.39 is 0 Å². The molecule has 3 aromatic heterocycles. The summed E-state index contributed by atoms with van der Waals surface area (Å²) in [6.07, 6.45) is 0. The quantitative estimate of drug-likeness (QED) is 0.184. The van der Waals surface area contributed by atoms with Gasteiger partial charge in [0.2, 0.25) is 5.95 Å². The van der Waals surface area contributed by atoms with Crippen molar-refractivity contribution in [2.45, 2.75) is 78.6 Å². The fourth-order valence-electron chi connectivity index (χ4n) is 7.95. The van der Waals surface area contributed by atoms with Crippen molar-refractivity contribution in [2.24, 2.45) is 0 Å². The van der Waals surface area contributed by atoms with E-state index in [1.807, 2.05) is 0 Å². The first-order valence-corrected chi connectivity index (χ1v) is 19.1. The third-order valence-corrected chi connectivity index (χ3v) is 11.0. The Balaban J connectivity index is 1.38. The zero-order valence-corrected chi connectivity index (χ0v) is 32.8. The van der Waals surface area contributed by atoms with Gasteiger partial charge in [0.15, 0.2) is 0 Å². The van der Waals surface area contributed by atoms with Gasteiger partial charge in [-0.15, -0.1) is 0 Å². The SMILES string of the molecule is CC(C)(C)c1cc(-c2nc(-n3c4ccccc4c4cc(-c5ccccc5)ccc43)nc3ccccc23)c2oc3c(C(C)(C)C)cc(C(C)(C)C)cc3c2c1. The number of hydrogen-bond acceptors (Lipinski definition) is 3. The van der Waals surface area contributed by atoms with E-state index in [0.29, 0.717) is 5.95 Å². The lowest BCUT2D eigenvalue weighted by atomic mass is 9.79. The molecule has 0 spiro atoms. The first-order chi connectivity index (χ1) is 25.7. The summed E-state index contributed by atoms with van der Waals surface area (Å²) >= 11 is 0. The van der Waals surface area contributed by atoms with Crippen LogP contribution in [0.1, 0.15) is 79.0 Å². The summed E-state index contributed by atoms with van der Waals surface area (Å²) in [5.74, 6) is 0.637. The molecule has 4 nitrogen and oxygen atoms in total. The number of rotatable bonds is 3. The molecule has 0 aliphatic carbocycles. The predicted octanol–water partition coefficient (Wildman–Crippen LogP) is 13.9. The molecule has 0 radical (unpaired) electrons. The zero-order valence-electron chi connectivity index (χ0n) is 32.8. The highest BCUT2D eigenvalue weighted by Gasteiger charge is 2.29. The molecule has 0 saturated heterocycles. The van der Waals surface area contributed by atoms with Crippen molar-refractivity contribution in [1.82, 2.24) is 14.5 Å². The molecule has 0 aliphatic heterocycles. The molecule has 3 heterocycles. The van der Waals surface area contributed by atoms with E-state index in [4.69, 9.17) is 14.4 Å². The molecule has 9 aromatic rings. The third-order valence-electron chi connectivity index (χ3n) is 11.0. The van der Waals surface area contributed by atoms with E-state index in [2.05, 4.69) is 188 Å². The molecule has 0 aliphatic rings. The lowest BCUT2D eigenvalue weighted by Crippen LogP contribution is -2.16. The van der Waals surface area contributed by atoms with E-state index >= 15 is 0 Å². The van der Waals surface area contributed by atoms with Gasteiger partial charge in [0.05, 0.1) is 22.2 Å². The van der Waals surface area contributed by atoms with Crippen molar-refractivity contribution in [3.63, 3.8) is 0 Å². The van der Waals surface area contributed by atoms with Gasteiger partial charge in [-0.1, -0.05) is 141 Å². The van der Waals surface area contributed by atoms with Gasteiger partial charge in [0, 0.05) is 38.1 Å². The summed E-state index contributed by atoms with van der Waals surface area (Å²) < 4.78 is 9.37. The number of fused-ring (bicyclic) bond motifs is 7. The van der Waals surface area contributed by atoms with Gasteiger partial charge < -0.3 is 4.42 Å². The molecule has 0 N–H and O–H groups in total. The van der Waals surface area contributed by atoms with Crippen molar-refractivity contribution >= 4 is 54.6 Å². The average molecular weight is 706 g/mol. The largest absolute Gasteiger partial charge is 0.455 e. The molecule has 9 rings (SSSR count). The number of nitrogens with zero attached hydrogens (tertiary/aromatic N) is 3. The van der Waals surface area contributed by atoms with Crippen molar-refractivity contribution in [1.29, 1.82) is 0 Å². The van der Waals surface area contributed by atoms with E-state index in [1.54, 1.807) is 0 Å². The van der Waals surface area contributed by atoms with Crippen molar-refractivity contribution in [3.05, 3.63) is 138 Å². The topological polar surface area (TPSA) is 43.9 Å². The highest BCUT2D eigenvalue weighted by molar-refractivity contribution is 6.13. The highest BCUT2D eigenvalue weighted by atomic mass is 16.3. The Hall–Kier alpha value is -5.74. The van der Waals surface area contributed by atoms with E-state index in [1.165, 1.54) is 38.6 Å². The van der Waals surface area contributed by atoms with Crippen LogP contribution in [0, 0.1) is 0 Å². The lowest BCUT2D eigenvalue weighted by Gasteiger charge is -2.25. The van der Waals surface area contributed by atoms with Crippen LogP contribution in [-0.2, 0) is 16.2 Å². The Morgan fingerprint density at radius 3 is 1.78 bits per heavy atom. The minimum absolute atomic E-state index is 0.0236. The fraction of sp³-hybridized carbons (Fsp3) is 0.240. The maximum Gasteiger partial charge on any atom is 0.235 e. The first kappa shape index (κ1) is 34.1. The van der Waals surface area contributed by atoms with Gasteiger partial charge in [0.25, 0.3) is 0 Å². The van der Waals surface area contributed by atoms with Crippen LogP contribution in [-0.4, -0.2) is 14.5 Å². The maximum absolute atomic E-state index is 7.14. The Kier molecular flexibility index (Phi) is 7.49. The summed E-state index contributed by atoms with van der Waals surface area (Å²) in [7, 11) is 0. The summed E-state index contributed by atoms with van der Waals surface area (Å²) in [5, 5.41) is 5.61. The van der Waals surface area contributed by atoms with Crippen LogP contribution in [0.5, 0.6) is 0 Å². The molecular formula is C50H47N3O. The van der Waals surface area contributed by atoms with E-state index in [0.717, 1.165) is 55.1 Å². The Morgan fingerprint density at radius 1 is 0.463 bits per heavy atom. The molecule has 268 valence electrons. The molecule has 0 amide bonds. The third kappa shape index (κ3) is 5.50. The second kappa shape index (κ2) is 11.9. The van der Waals surface area contributed by atoms with Gasteiger partial charge in [-0.05, 0) is 81.0 Å². The second-order valence-electron chi connectivity index (χ2n) is 18.0. The molecule has 0 atom stereocenters. The Labute approximate surface area is 317 Å². The molecule has 0 saturated carbocycles. The smallest absolute Gasteiger partial charge is 0.235 e. The van der Waals surface area contributed by atoms with Crippen LogP contribution in [0.4, 0.5) is 0 Å². The van der Waals surface area contributed by atoms with Crippen molar-refractivity contribution < 1.29 is 4.42 Å². The van der Waals surface area contributed by atoms with Crippen molar-refractivity contribution in [3.8, 4) is 28.3 Å². The summed E-state index contributed by atoms with van der Waals surface area (Å²) in [5.41, 5.74) is 12.6. The number of benzene rings is 6. The first-order valence-electron chi connectivity index (χ1n) is 19.1. The highest BCUT2D eigenvalue weighted by Crippen LogP contribution is 2.45. The fourth-order valence-corrected chi connectivity index (χ4v) is 7.95. The van der Waals surface area contributed by atoms with Crippen LogP contribution in [0.3, 0.4) is 0 Å². The Bertz CT molecular complexity index is 2920. The van der Waals surface area contributed by atoms with Crippen LogP contribution < -0.4 is 0 Å². The summed E-state index contributed by atoms with van der Waals surface area (Å²) in [6, 6.07) is 43.6. The molecule has 4 heteroatoms. The maximum atomic E-state index is 7.14. The van der Waals surface area contributed by atoms with E-state index in [-0.39, 0.29) is 16.2 Å². The molecular weight excluding hydrogens is 659 g/mol. The zero-order chi connectivity index (χ0) is 37.7. The number of para-hydroxylation sites is 2. The molecule has 6 aromatic carbocycles. The molecule has 0 bridgehead atoms. The van der Waals surface area contributed by atoms with E-state index in [9.17, 15) is 0 Å². The van der Waals surface area contributed by atoms with Gasteiger partial charge in [0.1, 0.15) is 11.2 Å². The van der Waals surface area contributed by atoms with Crippen molar-refractivity contribution in [2.75, 3.05) is 0 Å². The lowest BCUT2D eigenvalue weighted by molar-refractivity contribution is 0.559. The van der Waals surface area contributed by atoms with Gasteiger partial charge in [-0.25, -0.2) is 9.97 Å². The minimum Gasteiger partial charge on any atom is -0.455 e. The normalized spacial score (nSPS) is 12.9. The molecule has 54 heavy (non-hydrogen) atoms. The van der Waals surface area contributed by atoms with Crippen LogP contribution in [0.25, 0.3) is 83.0 Å². The van der Waals surface area contributed by atoms with Crippen LogP contribution in [0.2, 0.25) is 0 Å². The van der Waals surface area contributed by atoms with Gasteiger partial charge in [-0.3, -0.25) is 4.57 Å². The summed E-state index contributed by atoms with van der Waals surface area (Å²) in [4.78, 5) is 10.8. The van der Waals surface area contributed by atoms with Crippen LogP contribution >= 0.6 is 0 Å². The average Bonchev–Trinajstić information content (AvgIpc) is 3.68. The van der Waals surface area contributed by atoms with Gasteiger partial charge in [-0.2, -0.15) is 0 Å². The molecule has 0 fully saturated rings. The van der Waals surface area contributed by atoms with Gasteiger partial charge >= 0.3 is 0 Å².